The highest BCUT2D eigenvalue weighted by Crippen LogP contribution is 2.19. The molecule has 24 heavy (non-hydrogen) atoms. The van der Waals surface area contributed by atoms with Gasteiger partial charge in [0.05, 0.1) is 11.8 Å². The van der Waals surface area contributed by atoms with Gasteiger partial charge in [-0.05, 0) is 35.1 Å². The number of hydrogen-bond donors (Lipinski definition) is 2. The molecule has 1 aromatic carbocycles. The van der Waals surface area contributed by atoms with Crippen molar-refractivity contribution in [2.24, 2.45) is 0 Å². The average molecular weight is 346 g/mol. The summed E-state index contributed by atoms with van der Waals surface area (Å²) >= 11 is 0. The third kappa shape index (κ3) is 3.26. The number of sulfone groups is 1. The molecule has 1 aliphatic heterocycles. The molecule has 7 heteroatoms. The van der Waals surface area contributed by atoms with Crippen LogP contribution in [-0.4, -0.2) is 31.1 Å². The number of H-pyrrole nitrogens is 1. The fourth-order valence-corrected chi connectivity index (χ4v) is 3.89. The molecule has 2 N–H and O–H groups in total. The van der Waals surface area contributed by atoms with Gasteiger partial charge in [-0.25, -0.2) is 8.42 Å². The highest BCUT2D eigenvalue weighted by molar-refractivity contribution is 7.94. The Hall–Kier alpha value is -2.41. The van der Waals surface area contributed by atoms with Crippen molar-refractivity contribution in [3.05, 3.63) is 57.2 Å². The summed E-state index contributed by atoms with van der Waals surface area (Å²) in [5.41, 5.74) is 1.24. The van der Waals surface area contributed by atoms with Gasteiger partial charge < -0.3 is 10.3 Å². The number of amides is 1. The number of nitrogens with one attached hydrogen (secondary N) is 2. The van der Waals surface area contributed by atoms with Gasteiger partial charge in [0.15, 0.2) is 9.84 Å². The van der Waals surface area contributed by atoms with Crippen LogP contribution < -0.4 is 10.9 Å². The van der Waals surface area contributed by atoms with Gasteiger partial charge in [-0.15, -0.1) is 0 Å². The van der Waals surface area contributed by atoms with E-state index in [9.17, 15) is 18.0 Å². The molecule has 126 valence electrons. The summed E-state index contributed by atoms with van der Waals surface area (Å²) < 4.78 is 22.8. The number of benzene rings is 1. The maximum Gasteiger partial charge on any atom is 0.261 e. The van der Waals surface area contributed by atoms with E-state index in [0.29, 0.717) is 11.4 Å². The molecule has 2 aromatic rings. The molecule has 0 spiro atoms. The summed E-state index contributed by atoms with van der Waals surface area (Å²) in [5, 5.41) is 4.39. The molecule has 1 aromatic heterocycles. The maximum atomic E-state index is 12.3. The lowest BCUT2D eigenvalue weighted by molar-refractivity contribution is 0.0946. The van der Waals surface area contributed by atoms with Crippen LogP contribution in [0.4, 0.5) is 0 Å². The van der Waals surface area contributed by atoms with Gasteiger partial charge in [-0.3, -0.25) is 9.59 Å². The van der Waals surface area contributed by atoms with Gasteiger partial charge in [0, 0.05) is 10.9 Å². The number of fused-ring (bicyclic) bond motifs is 1. The molecule has 1 amide bonds. The minimum absolute atomic E-state index is 0.0301. The Bertz CT molecular complexity index is 1000. The Morgan fingerprint density at radius 2 is 2.04 bits per heavy atom. The van der Waals surface area contributed by atoms with E-state index in [2.05, 4.69) is 24.1 Å². The van der Waals surface area contributed by atoms with E-state index in [4.69, 9.17) is 0 Å². The zero-order chi connectivity index (χ0) is 17.5. The number of carbonyl (C=O) groups excluding carboxylic acids is 1. The molecule has 0 radical (unpaired) electrons. The predicted octanol–water partition coefficient (Wildman–Crippen LogP) is 1.69. The quantitative estimate of drug-likeness (QED) is 0.884. The number of aromatic amines is 1. The summed E-state index contributed by atoms with van der Waals surface area (Å²) in [6, 6.07) is 6.63. The summed E-state index contributed by atoms with van der Waals surface area (Å²) in [4.78, 5) is 27.2. The third-order valence-electron chi connectivity index (χ3n) is 4.03. The average Bonchev–Trinajstić information content (AvgIpc) is 2.84. The van der Waals surface area contributed by atoms with Crippen LogP contribution >= 0.6 is 0 Å². The van der Waals surface area contributed by atoms with Crippen LogP contribution in [0.25, 0.3) is 10.9 Å². The standard InChI is InChI=1S/C17H18N2O4S/c1-10(2)11-3-4-12-7-14(17(21)19-15(12)8-11)16(20)18-13-5-6-24(22,23)9-13/h3-8,10,13H,9H2,1-2H3,(H,18,20)(H,19,21)/t13-/m1/s1. The van der Waals surface area contributed by atoms with Crippen molar-refractivity contribution in [2.45, 2.75) is 25.8 Å². The molecule has 0 saturated heterocycles. The van der Waals surface area contributed by atoms with Crippen molar-refractivity contribution in [1.82, 2.24) is 10.3 Å². The zero-order valence-corrected chi connectivity index (χ0v) is 14.2. The second-order valence-electron chi connectivity index (χ2n) is 6.25. The molecule has 6 nitrogen and oxygen atoms in total. The third-order valence-corrected chi connectivity index (χ3v) is 5.42. The van der Waals surface area contributed by atoms with Gasteiger partial charge in [0.25, 0.3) is 11.5 Å². The molecule has 0 fully saturated rings. The topological polar surface area (TPSA) is 96.1 Å². The van der Waals surface area contributed by atoms with Gasteiger partial charge in [-0.1, -0.05) is 26.0 Å². The highest BCUT2D eigenvalue weighted by Gasteiger charge is 2.24. The lowest BCUT2D eigenvalue weighted by atomic mass is 10.0. The van der Waals surface area contributed by atoms with Crippen LogP contribution in [0, 0.1) is 0 Å². The van der Waals surface area contributed by atoms with Crippen molar-refractivity contribution in [2.75, 3.05) is 5.75 Å². The van der Waals surface area contributed by atoms with Crippen molar-refractivity contribution in [3.8, 4) is 0 Å². The fourth-order valence-electron chi connectivity index (χ4n) is 2.66. The van der Waals surface area contributed by atoms with Gasteiger partial charge in [0.1, 0.15) is 5.56 Å². The molecule has 0 unspecified atom stereocenters. The first-order chi connectivity index (χ1) is 11.2. The Morgan fingerprint density at radius 3 is 2.67 bits per heavy atom. The normalized spacial score (nSPS) is 19.0. The van der Waals surface area contributed by atoms with Crippen LogP contribution in [0.15, 0.2) is 40.5 Å². The smallest absolute Gasteiger partial charge is 0.261 e. The first kappa shape index (κ1) is 16.4. The van der Waals surface area contributed by atoms with Crippen molar-refractivity contribution in [3.63, 3.8) is 0 Å². The molecule has 0 bridgehead atoms. The number of hydrogen-bond acceptors (Lipinski definition) is 4. The van der Waals surface area contributed by atoms with Gasteiger partial charge in [0.2, 0.25) is 0 Å². The second kappa shape index (κ2) is 5.90. The van der Waals surface area contributed by atoms with Crippen LogP contribution in [0.5, 0.6) is 0 Å². The Morgan fingerprint density at radius 1 is 1.29 bits per heavy atom. The number of aromatic nitrogens is 1. The molecule has 1 aliphatic rings. The maximum absolute atomic E-state index is 12.3. The largest absolute Gasteiger partial charge is 0.345 e. The Balaban J connectivity index is 1.91. The lowest BCUT2D eigenvalue weighted by Crippen LogP contribution is -2.38. The molecular formula is C17H18N2O4S. The van der Waals surface area contributed by atoms with Gasteiger partial charge >= 0.3 is 0 Å². The molecular weight excluding hydrogens is 328 g/mol. The lowest BCUT2D eigenvalue weighted by Gasteiger charge is -2.11. The molecule has 0 aliphatic carbocycles. The van der Waals surface area contributed by atoms with Crippen molar-refractivity contribution in [1.29, 1.82) is 0 Å². The fraction of sp³-hybridized carbons (Fsp3) is 0.294. The van der Waals surface area contributed by atoms with E-state index in [0.717, 1.165) is 16.4 Å². The second-order valence-corrected chi connectivity index (χ2v) is 8.18. The van der Waals surface area contributed by atoms with Crippen LogP contribution in [0.1, 0.15) is 35.7 Å². The van der Waals surface area contributed by atoms with Crippen molar-refractivity contribution < 1.29 is 13.2 Å². The zero-order valence-electron chi connectivity index (χ0n) is 13.4. The van der Waals surface area contributed by atoms with E-state index in [1.165, 1.54) is 12.1 Å². The van der Waals surface area contributed by atoms with E-state index in [-0.39, 0.29) is 11.3 Å². The van der Waals surface area contributed by atoms with E-state index in [1.807, 2.05) is 18.2 Å². The molecule has 0 saturated carbocycles. The monoisotopic (exact) mass is 346 g/mol. The minimum Gasteiger partial charge on any atom is -0.345 e. The number of rotatable bonds is 3. The molecule has 3 rings (SSSR count). The molecule has 2 heterocycles. The first-order valence-electron chi connectivity index (χ1n) is 7.64. The minimum atomic E-state index is -3.26. The van der Waals surface area contributed by atoms with E-state index in [1.54, 1.807) is 0 Å². The summed E-state index contributed by atoms with van der Waals surface area (Å²) in [5.74, 6) is -0.433. The SMILES string of the molecule is CC(C)c1ccc2cc(C(=O)N[C@@H]3C=CS(=O)(=O)C3)c(=O)[nH]c2c1. The number of pyridine rings is 1. The van der Waals surface area contributed by atoms with Gasteiger partial charge in [-0.2, -0.15) is 0 Å². The summed E-state index contributed by atoms with van der Waals surface area (Å²) in [6.45, 7) is 4.12. The summed E-state index contributed by atoms with van der Waals surface area (Å²) in [7, 11) is -3.26. The summed E-state index contributed by atoms with van der Waals surface area (Å²) in [6.07, 6.45) is 1.41. The van der Waals surface area contributed by atoms with Crippen LogP contribution in [-0.2, 0) is 9.84 Å². The Kier molecular flexibility index (Phi) is 4.04. The number of carbonyl (C=O) groups is 1. The Labute approximate surface area is 139 Å². The molecule has 1 atom stereocenters. The van der Waals surface area contributed by atoms with Crippen LogP contribution in [0.2, 0.25) is 0 Å². The highest BCUT2D eigenvalue weighted by atomic mass is 32.2. The van der Waals surface area contributed by atoms with E-state index >= 15 is 0 Å². The predicted molar refractivity (Wildman–Crippen MR) is 92.8 cm³/mol. The van der Waals surface area contributed by atoms with E-state index < -0.39 is 27.3 Å². The van der Waals surface area contributed by atoms with Crippen LogP contribution in [0.3, 0.4) is 0 Å². The first-order valence-corrected chi connectivity index (χ1v) is 9.35. The van der Waals surface area contributed by atoms with Crippen molar-refractivity contribution >= 4 is 26.6 Å².